The van der Waals surface area contributed by atoms with Gasteiger partial charge in [0, 0.05) is 11.7 Å². The molecular formula is C21H25FN2O. The predicted molar refractivity (Wildman–Crippen MR) is 99.1 cm³/mol. The highest BCUT2D eigenvalue weighted by Gasteiger charge is 2.28. The lowest BCUT2D eigenvalue weighted by atomic mass is 9.87. The predicted octanol–water partition coefficient (Wildman–Crippen LogP) is 4.56. The number of benzene rings is 2. The first-order chi connectivity index (χ1) is 11.8. The van der Waals surface area contributed by atoms with Gasteiger partial charge in [-0.1, -0.05) is 45.0 Å². The highest BCUT2D eigenvalue weighted by Crippen LogP contribution is 2.27. The van der Waals surface area contributed by atoms with Gasteiger partial charge in [-0.25, -0.2) is 4.39 Å². The summed E-state index contributed by atoms with van der Waals surface area (Å²) in [6, 6.07) is 13.9. The van der Waals surface area contributed by atoms with E-state index in [1.54, 1.807) is 12.1 Å². The highest BCUT2D eigenvalue weighted by atomic mass is 19.1. The van der Waals surface area contributed by atoms with Gasteiger partial charge in [-0.2, -0.15) is 0 Å². The van der Waals surface area contributed by atoms with Gasteiger partial charge in [0.25, 0.3) is 0 Å². The summed E-state index contributed by atoms with van der Waals surface area (Å²) in [4.78, 5) is 12.6. The molecule has 3 rings (SSSR count). The van der Waals surface area contributed by atoms with Crippen LogP contribution in [0.25, 0.3) is 0 Å². The number of amides is 1. The Morgan fingerprint density at radius 1 is 1.04 bits per heavy atom. The Bertz CT molecular complexity index is 728. The lowest BCUT2D eigenvalue weighted by Crippen LogP contribution is -2.34. The molecule has 1 fully saturated rings. The summed E-state index contributed by atoms with van der Waals surface area (Å²) in [6.07, 6.45) is 2.06. The largest absolute Gasteiger partial charge is 0.370 e. The van der Waals surface area contributed by atoms with Crippen molar-refractivity contribution in [1.29, 1.82) is 0 Å². The second-order valence-corrected chi connectivity index (χ2v) is 7.74. The van der Waals surface area contributed by atoms with Crippen LogP contribution < -0.4 is 10.6 Å². The first-order valence-electron chi connectivity index (χ1n) is 8.76. The monoisotopic (exact) mass is 340 g/mol. The molecule has 1 aliphatic carbocycles. The van der Waals surface area contributed by atoms with Crippen molar-refractivity contribution in [2.75, 3.05) is 5.32 Å². The Labute approximate surface area is 148 Å². The van der Waals surface area contributed by atoms with Crippen LogP contribution in [0.3, 0.4) is 0 Å². The number of halogens is 1. The zero-order valence-electron chi connectivity index (χ0n) is 15.0. The Kier molecular flexibility index (Phi) is 4.80. The summed E-state index contributed by atoms with van der Waals surface area (Å²) >= 11 is 0. The zero-order chi connectivity index (χ0) is 18.0. The Morgan fingerprint density at radius 3 is 2.16 bits per heavy atom. The van der Waals surface area contributed by atoms with Crippen LogP contribution in [0.5, 0.6) is 0 Å². The summed E-state index contributed by atoms with van der Waals surface area (Å²) in [7, 11) is 0. The minimum absolute atomic E-state index is 0.0750. The van der Waals surface area contributed by atoms with E-state index in [-0.39, 0.29) is 23.2 Å². The Balaban J connectivity index is 1.81. The molecule has 1 saturated carbocycles. The summed E-state index contributed by atoms with van der Waals surface area (Å²) in [6.45, 7) is 6.50. The molecule has 0 radical (unpaired) electrons. The van der Waals surface area contributed by atoms with E-state index < -0.39 is 6.04 Å². The van der Waals surface area contributed by atoms with Gasteiger partial charge in [-0.05, 0) is 53.6 Å². The fourth-order valence-electron chi connectivity index (χ4n) is 2.70. The van der Waals surface area contributed by atoms with Gasteiger partial charge in [-0.15, -0.1) is 0 Å². The van der Waals surface area contributed by atoms with Crippen LogP contribution in [0.15, 0.2) is 48.5 Å². The third-order valence-corrected chi connectivity index (χ3v) is 4.45. The summed E-state index contributed by atoms with van der Waals surface area (Å²) in [5.74, 6) is -0.381. The number of nitrogens with one attached hydrogen (secondary N) is 2. The SMILES string of the molecule is CC(C)(C)c1ccc(N[C@@H](C(=O)NC2CC2)c2ccc(F)cc2)cc1. The summed E-state index contributed by atoms with van der Waals surface area (Å²) < 4.78 is 13.2. The molecule has 0 bridgehead atoms. The molecule has 2 aromatic rings. The van der Waals surface area contributed by atoms with Gasteiger partial charge >= 0.3 is 0 Å². The van der Waals surface area contributed by atoms with E-state index in [1.165, 1.54) is 17.7 Å². The van der Waals surface area contributed by atoms with Gasteiger partial charge in [0.2, 0.25) is 5.91 Å². The van der Waals surface area contributed by atoms with Crippen molar-refractivity contribution in [3.05, 3.63) is 65.5 Å². The molecule has 4 heteroatoms. The topological polar surface area (TPSA) is 41.1 Å². The van der Waals surface area contributed by atoms with Crippen molar-refractivity contribution in [3.8, 4) is 0 Å². The molecular weight excluding hydrogens is 315 g/mol. The van der Waals surface area contributed by atoms with E-state index in [9.17, 15) is 9.18 Å². The maximum atomic E-state index is 13.2. The van der Waals surface area contributed by atoms with Crippen molar-refractivity contribution in [2.24, 2.45) is 0 Å². The van der Waals surface area contributed by atoms with Gasteiger partial charge in [0.05, 0.1) is 0 Å². The standard InChI is InChI=1S/C21H25FN2O/c1-21(2,3)15-6-10-17(11-7-15)23-19(20(25)24-18-12-13-18)14-4-8-16(22)9-5-14/h4-11,18-19,23H,12-13H2,1-3H3,(H,24,25)/t19-/m1/s1. The van der Waals surface area contributed by atoms with Crippen LogP contribution in [0, 0.1) is 5.82 Å². The first kappa shape index (κ1) is 17.5. The van der Waals surface area contributed by atoms with E-state index in [0.717, 1.165) is 24.1 Å². The molecule has 132 valence electrons. The molecule has 3 nitrogen and oxygen atoms in total. The number of hydrogen-bond acceptors (Lipinski definition) is 2. The first-order valence-corrected chi connectivity index (χ1v) is 8.76. The Hall–Kier alpha value is -2.36. The van der Waals surface area contributed by atoms with E-state index in [4.69, 9.17) is 0 Å². The van der Waals surface area contributed by atoms with Crippen LogP contribution in [-0.2, 0) is 10.2 Å². The molecule has 0 unspecified atom stereocenters. The molecule has 0 aliphatic heterocycles. The highest BCUT2D eigenvalue weighted by molar-refractivity contribution is 5.86. The van der Waals surface area contributed by atoms with Gasteiger partial charge in [0.15, 0.2) is 0 Å². The molecule has 1 aliphatic rings. The van der Waals surface area contributed by atoms with E-state index in [2.05, 4.69) is 43.5 Å². The molecule has 25 heavy (non-hydrogen) atoms. The maximum absolute atomic E-state index is 13.2. The second kappa shape index (κ2) is 6.87. The minimum Gasteiger partial charge on any atom is -0.370 e. The van der Waals surface area contributed by atoms with Crippen LogP contribution in [0.1, 0.15) is 50.8 Å². The van der Waals surface area contributed by atoms with Crippen molar-refractivity contribution in [1.82, 2.24) is 5.32 Å². The average Bonchev–Trinajstić information content (AvgIpc) is 3.37. The number of hydrogen-bond donors (Lipinski definition) is 2. The smallest absolute Gasteiger partial charge is 0.247 e. The van der Waals surface area contributed by atoms with Crippen molar-refractivity contribution in [2.45, 2.75) is 51.1 Å². The quantitative estimate of drug-likeness (QED) is 0.838. The molecule has 2 N–H and O–H groups in total. The molecule has 2 aromatic carbocycles. The number of carbonyl (C=O) groups excluding carboxylic acids is 1. The molecule has 1 amide bonds. The lowest BCUT2D eigenvalue weighted by molar-refractivity contribution is -0.122. The molecule has 0 spiro atoms. The van der Waals surface area contributed by atoms with Gasteiger partial charge in [0.1, 0.15) is 11.9 Å². The van der Waals surface area contributed by atoms with Gasteiger partial charge in [-0.3, -0.25) is 4.79 Å². The maximum Gasteiger partial charge on any atom is 0.247 e. The normalized spacial score (nSPS) is 15.5. The van der Waals surface area contributed by atoms with E-state index >= 15 is 0 Å². The van der Waals surface area contributed by atoms with Crippen LogP contribution >= 0.6 is 0 Å². The van der Waals surface area contributed by atoms with E-state index in [0.29, 0.717) is 0 Å². The summed E-state index contributed by atoms with van der Waals surface area (Å²) in [5.41, 5.74) is 2.93. The number of carbonyl (C=O) groups is 1. The minimum atomic E-state index is -0.540. The van der Waals surface area contributed by atoms with Crippen molar-refractivity contribution < 1.29 is 9.18 Å². The fourth-order valence-corrected chi connectivity index (χ4v) is 2.70. The van der Waals surface area contributed by atoms with Crippen LogP contribution in [0.4, 0.5) is 10.1 Å². The van der Waals surface area contributed by atoms with Crippen LogP contribution in [-0.4, -0.2) is 11.9 Å². The van der Waals surface area contributed by atoms with Crippen molar-refractivity contribution >= 4 is 11.6 Å². The third-order valence-electron chi connectivity index (χ3n) is 4.45. The number of rotatable bonds is 5. The fraction of sp³-hybridized carbons (Fsp3) is 0.381. The van der Waals surface area contributed by atoms with Crippen molar-refractivity contribution in [3.63, 3.8) is 0 Å². The average molecular weight is 340 g/mol. The summed E-state index contributed by atoms with van der Waals surface area (Å²) in [5, 5.41) is 6.32. The Morgan fingerprint density at radius 2 is 1.64 bits per heavy atom. The molecule has 0 aromatic heterocycles. The lowest BCUT2D eigenvalue weighted by Gasteiger charge is -2.22. The zero-order valence-corrected chi connectivity index (χ0v) is 15.0. The van der Waals surface area contributed by atoms with Gasteiger partial charge < -0.3 is 10.6 Å². The second-order valence-electron chi connectivity index (χ2n) is 7.74. The number of anilines is 1. The third kappa shape index (κ3) is 4.59. The van der Waals surface area contributed by atoms with Crippen LogP contribution in [0.2, 0.25) is 0 Å². The molecule has 1 atom stereocenters. The van der Waals surface area contributed by atoms with E-state index in [1.807, 2.05) is 12.1 Å². The molecule has 0 heterocycles. The molecule has 0 saturated heterocycles.